The van der Waals surface area contributed by atoms with Crippen molar-refractivity contribution in [3.05, 3.63) is 62.6 Å². The van der Waals surface area contributed by atoms with E-state index in [9.17, 15) is 20.0 Å². The topological polar surface area (TPSA) is 80.4 Å². The van der Waals surface area contributed by atoms with Crippen LogP contribution in [0.5, 0.6) is 0 Å². The Labute approximate surface area is 116 Å². The van der Waals surface area contributed by atoms with E-state index in [2.05, 4.69) is 15.9 Å². The summed E-state index contributed by atoms with van der Waals surface area (Å²) in [7, 11) is 0. The molecule has 5 nitrogen and oxygen atoms in total. The van der Waals surface area contributed by atoms with Crippen molar-refractivity contribution in [2.75, 3.05) is 0 Å². The number of nitro groups is 1. The third-order valence-electron chi connectivity index (χ3n) is 2.58. The van der Waals surface area contributed by atoms with Crippen molar-refractivity contribution in [1.82, 2.24) is 0 Å². The molecule has 0 radical (unpaired) electrons. The lowest BCUT2D eigenvalue weighted by Gasteiger charge is -2.06. The second-order valence-electron chi connectivity index (χ2n) is 3.80. The number of halogens is 1. The largest absolute Gasteiger partial charge is 0.478 e. The van der Waals surface area contributed by atoms with Gasteiger partial charge in [-0.2, -0.15) is 0 Å². The van der Waals surface area contributed by atoms with Gasteiger partial charge in [-0.25, -0.2) is 4.79 Å². The molecule has 96 valence electrons. The molecule has 0 spiro atoms. The molecule has 0 saturated heterocycles. The van der Waals surface area contributed by atoms with Crippen molar-refractivity contribution in [3.63, 3.8) is 0 Å². The van der Waals surface area contributed by atoms with Crippen LogP contribution < -0.4 is 0 Å². The average molecular weight is 322 g/mol. The lowest BCUT2D eigenvalue weighted by atomic mass is 9.99. The van der Waals surface area contributed by atoms with Crippen LogP contribution in [0.15, 0.2) is 46.9 Å². The molecule has 0 amide bonds. The first kappa shape index (κ1) is 13.2. The first-order chi connectivity index (χ1) is 8.99. The highest BCUT2D eigenvalue weighted by Crippen LogP contribution is 2.29. The predicted molar refractivity (Wildman–Crippen MR) is 73.2 cm³/mol. The fourth-order valence-corrected chi connectivity index (χ4v) is 2.09. The number of non-ortho nitro benzene ring substituents is 1. The van der Waals surface area contributed by atoms with Gasteiger partial charge in [0, 0.05) is 16.6 Å². The fourth-order valence-electron chi connectivity index (χ4n) is 1.73. The summed E-state index contributed by atoms with van der Waals surface area (Å²) in [5.41, 5.74) is 0.963. The zero-order valence-electron chi connectivity index (χ0n) is 9.54. The van der Waals surface area contributed by atoms with Crippen LogP contribution in [-0.2, 0) is 0 Å². The van der Waals surface area contributed by atoms with Gasteiger partial charge in [-0.05, 0) is 23.3 Å². The minimum Gasteiger partial charge on any atom is -0.478 e. The standard InChI is InChI=1S/C13H8BrNO4/c14-9-4-5-11(12(7-9)13(16)17)8-2-1-3-10(6-8)15(18)19/h1-7H,(H,16,17). The van der Waals surface area contributed by atoms with Crippen LogP contribution >= 0.6 is 15.9 Å². The predicted octanol–water partition coefficient (Wildman–Crippen LogP) is 3.72. The van der Waals surface area contributed by atoms with E-state index < -0.39 is 10.9 Å². The van der Waals surface area contributed by atoms with Crippen LogP contribution in [-0.4, -0.2) is 16.0 Å². The molecule has 19 heavy (non-hydrogen) atoms. The number of carboxylic acid groups (broad SMARTS) is 1. The Balaban J connectivity index is 2.61. The van der Waals surface area contributed by atoms with E-state index in [0.29, 0.717) is 15.6 Å². The SMILES string of the molecule is O=C(O)c1cc(Br)ccc1-c1cccc([N+](=O)[O-])c1. The number of hydrogen-bond acceptors (Lipinski definition) is 3. The van der Waals surface area contributed by atoms with Crippen molar-refractivity contribution < 1.29 is 14.8 Å². The molecule has 0 saturated carbocycles. The molecule has 6 heteroatoms. The Hall–Kier alpha value is -2.21. The molecule has 2 rings (SSSR count). The van der Waals surface area contributed by atoms with Gasteiger partial charge in [0.25, 0.3) is 5.69 Å². The summed E-state index contributed by atoms with van der Waals surface area (Å²) in [6.45, 7) is 0. The summed E-state index contributed by atoms with van der Waals surface area (Å²) in [4.78, 5) is 21.4. The summed E-state index contributed by atoms with van der Waals surface area (Å²) in [6, 6.07) is 10.7. The maximum Gasteiger partial charge on any atom is 0.336 e. The smallest absolute Gasteiger partial charge is 0.336 e. The summed E-state index contributed by atoms with van der Waals surface area (Å²) < 4.78 is 0.638. The lowest BCUT2D eigenvalue weighted by Crippen LogP contribution is -1.99. The van der Waals surface area contributed by atoms with Gasteiger partial charge in [0.05, 0.1) is 10.5 Å². The molecule has 0 fully saturated rings. The zero-order chi connectivity index (χ0) is 14.0. The zero-order valence-corrected chi connectivity index (χ0v) is 11.1. The molecular formula is C13H8BrNO4. The Kier molecular flexibility index (Phi) is 3.62. The van der Waals surface area contributed by atoms with E-state index in [-0.39, 0.29) is 11.3 Å². The maximum atomic E-state index is 11.2. The summed E-state index contributed by atoms with van der Waals surface area (Å²) in [5.74, 6) is -1.08. The van der Waals surface area contributed by atoms with Gasteiger partial charge < -0.3 is 5.11 Å². The van der Waals surface area contributed by atoms with Gasteiger partial charge in [0.2, 0.25) is 0 Å². The molecule has 0 unspecified atom stereocenters. The Morgan fingerprint density at radius 3 is 2.58 bits per heavy atom. The number of nitrogens with zero attached hydrogens (tertiary/aromatic N) is 1. The first-order valence-electron chi connectivity index (χ1n) is 5.26. The number of carboxylic acids is 1. The number of nitro benzene ring substituents is 1. The van der Waals surface area contributed by atoms with Gasteiger partial charge in [-0.3, -0.25) is 10.1 Å². The third kappa shape index (κ3) is 2.79. The molecule has 0 bridgehead atoms. The van der Waals surface area contributed by atoms with E-state index in [1.54, 1.807) is 18.2 Å². The molecule has 0 aliphatic heterocycles. The number of aromatic carboxylic acids is 1. The fraction of sp³-hybridized carbons (Fsp3) is 0. The van der Waals surface area contributed by atoms with Crippen molar-refractivity contribution in [2.24, 2.45) is 0 Å². The Morgan fingerprint density at radius 2 is 1.95 bits per heavy atom. The Morgan fingerprint density at radius 1 is 1.21 bits per heavy atom. The minimum absolute atomic E-state index is 0.0724. The van der Waals surface area contributed by atoms with Gasteiger partial charge in [-0.1, -0.05) is 34.1 Å². The van der Waals surface area contributed by atoms with E-state index >= 15 is 0 Å². The van der Waals surface area contributed by atoms with Crippen LogP contribution in [0.25, 0.3) is 11.1 Å². The van der Waals surface area contributed by atoms with Crippen LogP contribution in [0.1, 0.15) is 10.4 Å². The molecule has 0 atom stereocenters. The van der Waals surface area contributed by atoms with Crippen LogP contribution in [0.3, 0.4) is 0 Å². The highest BCUT2D eigenvalue weighted by molar-refractivity contribution is 9.10. The average Bonchev–Trinajstić information content (AvgIpc) is 2.38. The van der Waals surface area contributed by atoms with Crippen molar-refractivity contribution in [1.29, 1.82) is 0 Å². The number of carbonyl (C=O) groups is 1. The highest BCUT2D eigenvalue weighted by Gasteiger charge is 2.14. The maximum absolute atomic E-state index is 11.2. The third-order valence-corrected chi connectivity index (χ3v) is 3.07. The normalized spacial score (nSPS) is 10.2. The van der Waals surface area contributed by atoms with Crippen LogP contribution in [0.2, 0.25) is 0 Å². The van der Waals surface area contributed by atoms with E-state index in [1.807, 2.05) is 0 Å². The number of benzene rings is 2. The van der Waals surface area contributed by atoms with Gasteiger partial charge in [0.1, 0.15) is 0 Å². The summed E-state index contributed by atoms with van der Waals surface area (Å²) in [6.07, 6.45) is 0. The van der Waals surface area contributed by atoms with Gasteiger partial charge >= 0.3 is 5.97 Å². The molecular weight excluding hydrogens is 314 g/mol. The van der Waals surface area contributed by atoms with Crippen molar-refractivity contribution in [3.8, 4) is 11.1 Å². The minimum atomic E-state index is -1.08. The second kappa shape index (κ2) is 5.19. The van der Waals surface area contributed by atoms with Crippen LogP contribution in [0, 0.1) is 10.1 Å². The monoisotopic (exact) mass is 321 g/mol. The molecule has 0 aliphatic rings. The van der Waals surface area contributed by atoms with Crippen molar-refractivity contribution in [2.45, 2.75) is 0 Å². The molecule has 0 aliphatic carbocycles. The summed E-state index contributed by atoms with van der Waals surface area (Å²) >= 11 is 3.20. The molecule has 2 aromatic carbocycles. The van der Waals surface area contributed by atoms with Crippen LogP contribution in [0.4, 0.5) is 5.69 Å². The second-order valence-corrected chi connectivity index (χ2v) is 4.72. The van der Waals surface area contributed by atoms with E-state index in [1.165, 1.54) is 24.3 Å². The quantitative estimate of drug-likeness (QED) is 0.690. The van der Waals surface area contributed by atoms with E-state index in [0.717, 1.165) is 0 Å². The van der Waals surface area contributed by atoms with Crippen molar-refractivity contribution >= 4 is 27.6 Å². The number of hydrogen-bond donors (Lipinski definition) is 1. The molecule has 2 aromatic rings. The highest BCUT2D eigenvalue weighted by atomic mass is 79.9. The van der Waals surface area contributed by atoms with Gasteiger partial charge in [0.15, 0.2) is 0 Å². The molecule has 0 heterocycles. The summed E-state index contributed by atoms with van der Waals surface area (Å²) in [5, 5.41) is 19.9. The van der Waals surface area contributed by atoms with E-state index in [4.69, 9.17) is 0 Å². The van der Waals surface area contributed by atoms with Gasteiger partial charge in [-0.15, -0.1) is 0 Å². The first-order valence-corrected chi connectivity index (χ1v) is 6.06. The Bertz CT molecular complexity index is 669. The number of rotatable bonds is 3. The molecule has 0 aromatic heterocycles. The molecule has 1 N–H and O–H groups in total. The lowest BCUT2D eigenvalue weighted by molar-refractivity contribution is -0.384.